The van der Waals surface area contributed by atoms with Gasteiger partial charge in [-0.3, -0.25) is 9.59 Å². The van der Waals surface area contributed by atoms with Crippen LogP contribution in [-0.2, 0) is 35.0 Å². The van der Waals surface area contributed by atoms with Crippen LogP contribution in [0.1, 0.15) is 25.8 Å². The quantitative estimate of drug-likeness (QED) is 0.307. The second-order valence-corrected chi connectivity index (χ2v) is 6.69. The van der Waals surface area contributed by atoms with Gasteiger partial charge in [-0.15, -0.1) is 0 Å². The number of benzene rings is 2. The van der Waals surface area contributed by atoms with E-state index in [1.54, 1.807) is 21.0 Å². The molecule has 0 aromatic heterocycles. The molecule has 0 spiro atoms. The molecule has 0 bridgehead atoms. The summed E-state index contributed by atoms with van der Waals surface area (Å²) in [5.74, 6) is -1.16. The molecule has 0 amide bonds. The van der Waals surface area contributed by atoms with Crippen molar-refractivity contribution in [2.45, 2.75) is 26.7 Å². The van der Waals surface area contributed by atoms with E-state index in [9.17, 15) is 9.59 Å². The van der Waals surface area contributed by atoms with Crippen LogP contribution in [0.15, 0.2) is 42.5 Å². The molecule has 6 nitrogen and oxygen atoms in total. The van der Waals surface area contributed by atoms with Crippen LogP contribution in [0.25, 0.3) is 10.8 Å². The third kappa shape index (κ3) is 5.78. The van der Waals surface area contributed by atoms with Crippen LogP contribution in [-0.4, -0.2) is 52.1 Å². The van der Waals surface area contributed by atoms with E-state index in [-0.39, 0.29) is 32.7 Å². The number of fused-ring (bicyclic) bond motifs is 1. The lowest BCUT2D eigenvalue weighted by Crippen LogP contribution is -2.45. The summed E-state index contributed by atoms with van der Waals surface area (Å²) in [5, 5.41) is 2.04. The molecule has 0 atom stereocenters. The maximum atomic E-state index is 13.0. The average molecular weight is 402 g/mol. The number of methoxy groups -OCH3 is 1. The van der Waals surface area contributed by atoms with Gasteiger partial charge in [0.1, 0.15) is 0 Å². The first kappa shape index (κ1) is 22.8. The van der Waals surface area contributed by atoms with Gasteiger partial charge in [-0.25, -0.2) is 0 Å². The molecule has 0 N–H and O–H groups in total. The predicted octanol–water partition coefficient (Wildman–Crippen LogP) is 3.55. The summed E-state index contributed by atoms with van der Waals surface area (Å²) in [7, 11) is 1.59. The van der Waals surface area contributed by atoms with Crippen molar-refractivity contribution < 1.29 is 28.5 Å². The minimum atomic E-state index is -1.47. The minimum absolute atomic E-state index is 0.164. The van der Waals surface area contributed by atoms with E-state index in [0.717, 1.165) is 16.3 Å². The highest BCUT2D eigenvalue weighted by atomic mass is 16.6. The number of carbonyl (C=O) groups excluding carboxylic acids is 2. The molecule has 2 aromatic rings. The zero-order chi connectivity index (χ0) is 21.1. The molecule has 6 heteroatoms. The second kappa shape index (κ2) is 11.5. The summed E-state index contributed by atoms with van der Waals surface area (Å²) in [4.78, 5) is 26.1. The summed E-state index contributed by atoms with van der Waals surface area (Å²) in [6.45, 7) is 4.84. The van der Waals surface area contributed by atoms with Crippen molar-refractivity contribution in [3.8, 4) is 0 Å². The van der Waals surface area contributed by atoms with Crippen LogP contribution in [0.2, 0.25) is 0 Å². The minimum Gasteiger partial charge on any atom is -0.465 e. The number of rotatable bonds is 12. The average Bonchev–Trinajstić information content (AvgIpc) is 2.73. The van der Waals surface area contributed by atoms with Crippen LogP contribution in [0, 0.1) is 5.41 Å². The van der Waals surface area contributed by atoms with Crippen LogP contribution in [0.4, 0.5) is 0 Å². The van der Waals surface area contributed by atoms with Gasteiger partial charge < -0.3 is 18.9 Å². The van der Waals surface area contributed by atoms with Gasteiger partial charge in [0.15, 0.2) is 5.41 Å². The molecule has 29 heavy (non-hydrogen) atoms. The van der Waals surface area contributed by atoms with Crippen molar-refractivity contribution >= 4 is 22.7 Å². The number of esters is 2. The van der Waals surface area contributed by atoms with Crippen molar-refractivity contribution in [2.24, 2.45) is 5.41 Å². The molecule has 0 aliphatic rings. The third-order valence-electron chi connectivity index (χ3n) is 4.81. The highest BCUT2D eigenvalue weighted by molar-refractivity contribution is 6.01. The molecule has 0 radical (unpaired) electrons. The van der Waals surface area contributed by atoms with Gasteiger partial charge in [0.05, 0.1) is 26.4 Å². The van der Waals surface area contributed by atoms with Gasteiger partial charge in [0, 0.05) is 13.7 Å². The fourth-order valence-electron chi connectivity index (χ4n) is 3.32. The van der Waals surface area contributed by atoms with E-state index in [1.165, 1.54) is 0 Å². The van der Waals surface area contributed by atoms with Gasteiger partial charge in [0.25, 0.3) is 0 Å². The number of ether oxygens (including phenoxy) is 4. The van der Waals surface area contributed by atoms with E-state index < -0.39 is 17.4 Å². The van der Waals surface area contributed by atoms with Crippen LogP contribution >= 0.6 is 0 Å². The molecule has 2 aromatic carbocycles. The Kier molecular flexibility index (Phi) is 9.09. The Morgan fingerprint density at radius 1 is 0.862 bits per heavy atom. The van der Waals surface area contributed by atoms with Gasteiger partial charge >= 0.3 is 11.9 Å². The van der Waals surface area contributed by atoms with Crippen molar-refractivity contribution in [3.63, 3.8) is 0 Å². The van der Waals surface area contributed by atoms with E-state index in [4.69, 9.17) is 18.9 Å². The zero-order valence-corrected chi connectivity index (χ0v) is 17.4. The molecule has 2 rings (SSSR count). The van der Waals surface area contributed by atoms with E-state index in [2.05, 4.69) is 0 Å². The van der Waals surface area contributed by atoms with Crippen molar-refractivity contribution in [2.75, 3.05) is 40.1 Å². The standard InChI is InChI=1S/C23H30O6/c1-4-28-21(24)23(22(25)29-5-2,13-14-27-16-15-26-3)17-19-11-8-10-18-9-6-7-12-20(18)19/h6-12H,4-5,13-17H2,1-3H3. The van der Waals surface area contributed by atoms with E-state index in [0.29, 0.717) is 13.2 Å². The molecule has 0 unspecified atom stereocenters. The Balaban J connectivity index is 2.41. The first-order valence-corrected chi connectivity index (χ1v) is 9.96. The SMILES string of the molecule is CCOC(=O)C(CCOCCOC)(Cc1cccc2ccccc12)C(=O)OCC. The fraction of sp³-hybridized carbons (Fsp3) is 0.478. The highest BCUT2D eigenvalue weighted by Crippen LogP contribution is 2.34. The Morgan fingerprint density at radius 3 is 2.17 bits per heavy atom. The molecule has 0 fully saturated rings. The van der Waals surface area contributed by atoms with Gasteiger partial charge in [-0.05, 0) is 43.0 Å². The largest absolute Gasteiger partial charge is 0.465 e. The maximum Gasteiger partial charge on any atom is 0.323 e. The number of hydrogen-bond donors (Lipinski definition) is 0. The zero-order valence-electron chi connectivity index (χ0n) is 17.4. The Morgan fingerprint density at radius 2 is 1.52 bits per heavy atom. The molecule has 158 valence electrons. The van der Waals surface area contributed by atoms with E-state index in [1.807, 2.05) is 42.5 Å². The predicted molar refractivity (Wildman–Crippen MR) is 111 cm³/mol. The topological polar surface area (TPSA) is 71.1 Å². The summed E-state index contributed by atoms with van der Waals surface area (Å²) in [5.41, 5.74) is -0.579. The van der Waals surface area contributed by atoms with Crippen LogP contribution < -0.4 is 0 Å². The molecular weight excluding hydrogens is 372 g/mol. The molecule has 0 aliphatic carbocycles. The van der Waals surface area contributed by atoms with E-state index >= 15 is 0 Å². The van der Waals surface area contributed by atoms with Gasteiger partial charge in [-0.1, -0.05) is 42.5 Å². The Labute approximate surface area is 172 Å². The summed E-state index contributed by atoms with van der Waals surface area (Å²) in [6.07, 6.45) is 0.345. The lowest BCUT2D eigenvalue weighted by Gasteiger charge is -2.29. The smallest absolute Gasteiger partial charge is 0.323 e. The molecule has 0 saturated heterocycles. The maximum absolute atomic E-state index is 13.0. The second-order valence-electron chi connectivity index (χ2n) is 6.69. The molecular formula is C23H30O6. The summed E-state index contributed by atoms with van der Waals surface area (Å²) < 4.78 is 21.2. The summed E-state index contributed by atoms with van der Waals surface area (Å²) >= 11 is 0. The van der Waals surface area contributed by atoms with Crippen molar-refractivity contribution in [1.29, 1.82) is 0 Å². The molecule has 0 heterocycles. The van der Waals surface area contributed by atoms with Crippen LogP contribution in [0.5, 0.6) is 0 Å². The first-order chi connectivity index (χ1) is 14.1. The number of hydrogen-bond acceptors (Lipinski definition) is 6. The van der Waals surface area contributed by atoms with Gasteiger partial charge in [0.2, 0.25) is 0 Å². The third-order valence-corrected chi connectivity index (χ3v) is 4.81. The highest BCUT2D eigenvalue weighted by Gasteiger charge is 2.49. The monoisotopic (exact) mass is 402 g/mol. The first-order valence-electron chi connectivity index (χ1n) is 9.96. The normalized spacial score (nSPS) is 11.4. The lowest BCUT2D eigenvalue weighted by molar-refractivity contribution is -0.173. The summed E-state index contributed by atoms with van der Waals surface area (Å²) in [6, 6.07) is 13.7. The Bertz CT molecular complexity index is 778. The van der Waals surface area contributed by atoms with Gasteiger partial charge in [-0.2, -0.15) is 0 Å². The fourth-order valence-corrected chi connectivity index (χ4v) is 3.32. The molecule has 0 aliphatic heterocycles. The van der Waals surface area contributed by atoms with Crippen LogP contribution in [0.3, 0.4) is 0 Å². The molecule has 0 saturated carbocycles. The lowest BCUT2D eigenvalue weighted by atomic mass is 9.77. The van der Waals surface area contributed by atoms with Crippen molar-refractivity contribution in [1.82, 2.24) is 0 Å². The number of carbonyl (C=O) groups is 2. The van der Waals surface area contributed by atoms with Crippen molar-refractivity contribution in [3.05, 3.63) is 48.0 Å². The Hall–Kier alpha value is -2.44.